The number of esters is 1. The topological polar surface area (TPSA) is 70.2 Å². The minimum atomic E-state index is -0.504. The standard InChI is InChI=1S/C12H14ClN3O3/c1-6-9(8(3)19-15-6)5-18-12(17)10-7(2)14-16(4)11(10)13/h5H2,1-4H3. The van der Waals surface area contributed by atoms with E-state index in [1.54, 1.807) is 27.8 Å². The molecular formula is C12H14ClN3O3. The zero-order valence-corrected chi connectivity index (χ0v) is 11.9. The summed E-state index contributed by atoms with van der Waals surface area (Å²) in [7, 11) is 1.67. The third kappa shape index (κ3) is 2.49. The highest BCUT2D eigenvalue weighted by molar-refractivity contribution is 6.32. The summed E-state index contributed by atoms with van der Waals surface area (Å²) < 4.78 is 11.7. The molecule has 0 aromatic carbocycles. The summed E-state index contributed by atoms with van der Waals surface area (Å²) >= 11 is 6.00. The molecule has 0 amide bonds. The Morgan fingerprint density at radius 3 is 2.53 bits per heavy atom. The number of ether oxygens (including phenoxy) is 1. The maximum Gasteiger partial charge on any atom is 0.343 e. The summed E-state index contributed by atoms with van der Waals surface area (Å²) in [4.78, 5) is 12.0. The molecule has 19 heavy (non-hydrogen) atoms. The van der Waals surface area contributed by atoms with Crippen LogP contribution in [0.1, 0.15) is 33.1 Å². The molecule has 6 nitrogen and oxygen atoms in total. The number of nitrogens with zero attached hydrogens (tertiary/aromatic N) is 3. The van der Waals surface area contributed by atoms with Gasteiger partial charge in [-0.1, -0.05) is 16.8 Å². The Hall–Kier alpha value is -1.82. The molecular weight excluding hydrogens is 270 g/mol. The number of carbonyl (C=O) groups is 1. The maximum atomic E-state index is 12.0. The number of hydrogen-bond donors (Lipinski definition) is 0. The lowest BCUT2D eigenvalue weighted by molar-refractivity contribution is 0.0470. The first kappa shape index (κ1) is 13.6. The van der Waals surface area contributed by atoms with Crippen molar-refractivity contribution in [3.05, 3.63) is 33.4 Å². The molecule has 0 N–H and O–H groups in total. The molecule has 2 aromatic heterocycles. The molecule has 0 atom stereocenters. The summed E-state index contributed by atoms with van der Waals surface area (Å²) in [5, 5.41) is 8.13. The molecule has 2 aromatic rings. The number of aromatic nitrogens is 3. The third-order valence-electron chi connectivity index (χ3n) is 2.89. The van der Waals surface area contributed by atoms with Crippen molar-refractivity contribution in [2.45, 2.75) is 27.4 Å². The predicted molar refractivity (Wildman–Crippen MR) is 68.1 cm³/mol. The molecule has 2 rings (SSSR count). The zero-order valence-electron chi connectivity index (χ0n) is 11.2. The molecule has 7 heteroatoms. The van der Waals surface area contributed by atoms with Crippen LogP contribution in [-0.2, 0) is 18.4 Å². The summed E-state index contributed by atoms with van der Waals surface area (Å²) in [6.45, 7) is 5.37. The smallest absolute Gasteiger partial charge is 0.343 e. The van der Waals surface area contributed by atoms with Gasteiger partial charge >= 0.3 is 5.97 Å². The van der Waals surface area contributed by atoms with Gasteiger partial charge in [0.1, 0.15) is 23.1 Å². The molecule has 0 bridgehead atoms. The Balaban J connectivity index is 2.14. The zero-order chi connectivity index (χ0) is 14.2. The molecule has 0 unspecified atom stereocenters. The molecule has 0 saturated carbocycles. The van der Waals surface area contributed by atoms with Crippen LogP contribution in [0.2, 0.25) is 5.15 Å². The van der Waals surface area contributed by atoms with Crippen LogP contribution in [0.5, 0.6) is 0 Å². The summed E-state index contributed by atoms with van der Waals surface area (Å²) in [6, 6.07) is 0. The first-order valence-electron chi connectivity index (χ1n) is 5.69. The highest BCUT2D eigenvalue weighted by Gasteiger charge is 2.21. The van der Waals surface area contributed by atoms with Gasteiger partial charge in [-0.2, -0.15) is 5.10 Å². The van der Waals surface area contributed by atoms with Crippen LogP contribution in [0.15, 0.2) is 4.52 Å². The summed E-state index contributed by atoms with van der Waals surface area (Å²) in [5.41, 5.74) is 2.30. The van der Waals surface area contributed by atoms with E-state index in [1.807, 2.05) is 0 Å². The fourth-order valence-corrected chi connectivity index (χ4v) is 2.03. The normalized spacial score (nSPS) is 10.8. The van der Waals surface area contributed by atoms with E-state index >= 15 is 0 Å². The Morgan fingerprint density at radius 2 is 2.05 bits per heavy atom. The van der Waals surface area contributed by atoms with Gasteiger partial charge in [0, 0.05) is 7.05 Å². The van der Waals surface area contributed by atoms with Gasteiger partial charge in [0.05, 0.1) is 17.0 Å². The number of hydrogen-bond acceptors (Lipinski definition) is 5. The van der Waals surface area contributed by atoms with Crippen LogP contribution in [-0.4, -0.2) is 20.9 Å². The Kier molecular flexibility index (Phi) is 3.61. The van der Waals surface area contributed by atoms with Crippen LogP contribution in [0.3, 0.4) is 0 Å². The van der Waals surface area contributed by atoms with E-state index < -0.39 is 5.97 Å². The Bertz CT molecular complexity index is 611. The van der Waals surface area contributed by atoms with Gasteiger partial charge in [-0.15, -0.1) is 0 Å². The van der Waals surface area contributed by atoms with Crippen molar-refractivity contribution in [2.75, 3.05) is 0 Å². The lowest BCUT2D eigenvalue weighted by atomic mass is 10.2. The quantitative estimate of drug-likeness (QED) is 0.809. The predicted octanol–water partition coefficient (Wildman–Crippen LogP) is 2.34. The van der Waals surface area contributed by atoms with Crippen molar-refractivity contribution in [3.63, 3.8) is 0 Å². The lowest BCUT2D eigenvalue weighted by Gasteiger charge is -2.04. The second-order valence-electron chi connectivity index (χ2n) is 4.25. The maximum absolute atomic E-state index is 12.0. The van der Waals surface area contributed by atoms with Crippen LogP contribution in [0.4, 0.5) is 0 Å². The van der Waals surface area contributed by atoms with Crippen molar-refractivity contribution in [3.8, 4) is 0 Å². The number of carbonyl (C=O) groups excluding carboxylic acids is 1. The molecule has 0 fully saturated rings. The van der Waals surface area contributed by atoms with Gasteiger partial charge in [-0.3, -0.25) is 4.68 Å². The molecule has 0 aliphatic rings. The van der Waals surface area contributed by atoms with Gasteiger partial charge in [0.25, 0.3) is 0 Å². The summed E-state index contributed by atoms with van der Waals surface area (Å²) in [5.74, 6) is 0.134. The van der Waals surface area contributed by atoms with Crippen molar-refractivity contribution >= 4 is 17.6 Å². The largest absolute Gasteiger partial charge is 0.457 e. The van der Waals surface area contributed by atoms with E-state index in [9.17, 15) is 4.79 Å². The highest BCUT2D eigenvalue weighted by atomic mass is 35.5. The van der Waals surface area contributed by atoms with Crippen LogP contribution in [0, 0.1) is 20.8 Å². The van der Waals surface area contributed by atoms with E-state index in [2.05, 4.69) is 10.3 Å². The first-order chi connectivity index (χ1) is 8.91. The van der Waals surface area contributed by atoms with Crippen molar-refractivity contribution in [1.29, 1.82) is 0 Å². The van der Waals surface area contributed by atoms with Crippen LogP contribution < -0.4 is 0 Å². The van der Waals surface area contributed by atoms with Gasteiger partial charge < -0.3 is 9.26 Å². The summed E-state index contributed by atoms with van der Waals surface area (Å²) in [6.07, 6.45) is 0. The average Bonchev–Trinajstić information content (AvgIpc) is 2.78. The monoisotopic (exact) mass is 283 g/mol. The average molecular weight is 284 g/mol. The lowest BCUT2D eigenvalue weighted by Crippen LogP contribution is -2.07. The van der Waals surface area contributed by atoms with E-state index in [0.717, 1.165) is 5.56 Å². The molecule has 102 valence electrons. The van der Waals surface area contributed by atoms with Crippen molar-refractivity contribution in [2.24, 2.45) is 7.05 Å². The molecule has 0 radical (unpaired) electrons. The number of halogens is 1. The van der Waals surface area contributed by atoms with Crippen molar-refractivity contribution in [1.82, 2.24) is 14.9 Å². The van der Waals surface area contributed by atoms with Gasteiger partial charge in [-0.25, -0.2) is 4.79 Å². The van der Waals surface area contributed by atoms with E-state index in [-0.39, 0.29) is 17.3 Å². The van der Waals surface area contributed by atoms with E-state index in [0.29, 0.717) is 17.1 Å². The third-order valence-corrected chi connectivity index (χ3v) is 3.32. The van der Waals surface area contributed by atoms with Crippen LogP contribution >= 0.6 is 11.6 Å². The van der Waals surface area contributed by atoms with Crippen LogP contribution in [0.25, 0.3) is 0 Å². The SMILES string of the molecule is Cc1noc(C)c1COC(=O)c1c(C)nn(C)c1Cl. The minimum absolute atomic E-state index is 0.102. The van der Waals surface area contributed by atoms with Gasteiger partial charge in [-0.05, 0) is 20.8 Å². The molecule has 0 spiro atoms. The Morgan fingerprint density at radius 1 is 1.37 bits per heavy atom. The Labute approximate surface area is 115 Å². The number of rotatable bonds is 3. The first-order valence-corrected chi connectivity index (χ1v) is 6.07. The number of aryl methyl sites for hydroxylation is 4. The van der Waals surface area contributed by atoms with Gasteiger partial charge in [0.15, 0.2) is 0 Å². The van der Waals surface area contributed by atoms with Crippen molar-refractivity contribution < 1.29 is 14.1 Å². The van der Waals surface area contributed by atoms with E-state index in [4.69, 9.17) is 20.9 Å². The fraction of sp³-hybridized carbons (Fsp3) is 0.417. The molecule has 0 aliphatic carbocycles. The van der Waals surface area contributed by atoms with Gasteiger partial charge in [0.2, 0.25) is 0 Å². The second-order valence-corrected chi connectivity index (χ2v) is 4.61. The molecule has 0 aliphatic heterocycles. The highest BCUT2D eigenvalue weighted by Crippen LogP contribution is 2.21. The second kappa shape index (κ2) is 5.05. The van der Waals surface area contributed by atoms with E-state index in [1.165, 1.54) is 4.68 Å². The molecule has 2 heterocycles. The molecule has 0 saturated heterocycles. The fourth-order valence-electron chi connectivity index (χ4n) is 1.78. The minimum Gasteiger partial charge on any atom is -0.457 e.